The highest BCUT2D eigenvalue weighted by Crippen LogP contribution is 2.19. The van der Waals surface area contributed by atoms with Crippen molar-refractivity contribution >= 4 is 21.5 Å². The van der Waals surface area contributed by atoms with Gasteiger partial charge >= 0.3 is 0 Å². The van der Waals surface area contributed by atoms with Crippen LogP contribution in [0.2, 0.25) is 0 Å². The van der Waals surface area contributed by atoms with E-state index in [-0.39, 0.29) is 17.5 Å². The second-order valence-electron chi connectivity index (χ2n) is 7.54. The first-order chi connectivity index (χ1) is 12.8. The molecule has 2 atom stereocenters. The molecule has 0 amide bonds. The molecule has 1 aliphatic heterocycles. The largest absolute Gasteiger partial charge is 0.384 e. The van der Waals surface area contributed by atoms with Crippen molar-refractivity contribution in [3.8, 4) is 0 Å². The van der Waals surface area contributed by atoms with Crippen LogP contribution in [0.5, 0.6) is 0 Å². The number of anilines is 2. The third-order valence-corrected chi connectivity index (χ3v) is 6.45. The number of ether oxygens (including phenoxy) is 1. The van der Waals surface area contributed by atoms with Crippen LogP contribution in [0.1, 0.15) is 47.0 Å². The second kappa shape index (κ2) is 10.2. The summed E-state index contributed by atoms with van der Waals surface area (Å²) in [5.74, 6) is 0.986. The lowest BCUT2D eigenvalue weighted by Gasteiger charge is -2.36. The highest BCUT2D eigenvalue weighted by Gasteiger charge is 2.22. The lowest BCUT2D eigenvalue weighted by atomic mass is 10.2. The fourth-order valence-corrected chi connectivity index (χ4v) is 3.85. The Morgan fingerprint density at radius 3 is 2.41 bits per heavy atom. The number of aromatic nitrogens is 1. The highest BCUT2D eigenvalue weighted by molar-refractivity contribution is 7.90. The molecule has 2 heterocycles. The molecular weight excluding hydrogens is 364 g/mol. The maximum Gasteiger partial charge on any atom is 0.213 e. The topological polar surface area (TPSA) is 83.6 Å². The zero-order valence-electron chi connectivity index (χ0n) is 16.9. The van der Waals surface area contributed by atoms with E-state index in [0.717, 1.165) is 50.4 Å². The molecule has 8 heteroatoms. The molecule has 154 valence electrons. The summed E-state index contributed by atoms with van der Waals surface area (Å²) in [5, 5.41) is 3.00. The highest BCUT2D eigenvalue weighted by atomic mass is 32.2. The molecular formula is C19H34N4O3S. The van der Waals surface area contributed by atoms with E-state index in [4.69, 9.17) is 4.74 Å². The Kier molecular flexibility index (Phi) is 8.31. The number of morpholine rings is 1. The molecule has 1 saturated heterocycles. The molecule has 1 aromatic heterocycles. The summed E-state index contributed by atoms with van der Waals surface area (Å²) in [6.07, 6.45) is 5.12. The molecule has 1 unspecified atom stereocenters. The van der Waals surface area contributed by atoms with Gasteiger partial charge in [-0.05, 0) is 52.7 Å². The molecule has 0 spiro atoms. The minimum atomic E-state index is -3.14. The minimum absolute atomic E-state index is 0.221. The first kappa shape index (κ1) is 21.9. The quantitative estimate of drug-likeness (QED) is 0.590. The van der Waals surface area contributed by atoms with E-state index >= 15 is 0 Å². The van der Waals surface area contributed by atoms with E-state index in [1.165, 1.54) is 0 Å². The maximum atomic E-state index is 11.6. The third kappa shape index (κ3) is 7.27. The van der Waals surface area contributed by atoms with Crippen LogP contribution in [0.15, 0.2) is 18.3 Å². The number of hydrogen-bond donors (Lipinski definition) is 2. The molecule has 0 bridgehead atoms. The van der Waals surface area contributed by atoms with Crippen molar-refractivity contribution in [1.29, 1.82) is 0 Å². The number of sulfonamides is 1. The summed E-state index contributed by atoms with van der Waals surface area (Å²) >= 11 is 0. The fourth-order valence-electron chi connectivity index (χ4n) is 3.08. The van der Waals surface area contributed by atoms with Gasteiger partial charge in [-0.3, -0.25) is 0 Å². The number of nitrogens with one attached hydrogen (secondary N) is 2. The van der Waals surface area contributed by atoms with Crippen molar-refractivity contribution in [2.45, 2.75) is 64.4 Å². The normalized spacial score (nSPS) is 20.9. The summed E-state index contributed by atoms with van der Waals surface area (Å²) in [7, 11) is -3.14. The number of nitrogens with zero attached hydrogens (tertiary/aromatic N) is 2. The van der Waals surface area contributed by atoms with Gasteiger partial charge in [0.25, 0.3) is 0 Å². The van der Waals surface area contributed by atoms with Gasteiger partial charge in [0.1, 0.15) is 5.82 Å². The Hall–Kier alpha value is -1.38. The zero-order valence-corrected chi connectivity index (χ0v) is 17.8. The summed E-state index contributed by atoms with van der Waals surface area (Å²) in [6, 6.07) is 4.11. The average molecular weight is 399 g/mol. The predicted octanol–water partition coefficient (Wildman–Crippen LogP) is 2.61. The van der Waals surface area contributed by atoms with E-state index < -0.39 is 10.0 Å². The third-order valence-electron chi connectivity index (χ3n) is 4.60. The van der Waals surface area contributed by atoms with Gasteiger partial charge in [0.15, 0.2) is 0 Å². The molecule has 0 aliphatic carbocycles. The molecule has 7 nitrogen and oxygen atoms in total. The predicted molar refractivity (Wildman–Crippen MR) is 111 cm³/mol. The van der Waals surface area contributed by atoms with Crippen molar-refractivity contribution in [2.24, 2.45) is 0 Å². The van der Waals surface area contributed by atoms with Gasteiger partial charge in [0.05, 0.1) is 29.3 Å². The fraction of sp³-hybridized carbons (Fsp3) is 0.737. The Balaban J connectivity index is 1.64. The van der Waals surface area contributed by atoms with E-state index in [1.54, 1.807) is 13.8 Å². The Labute approximate surface area is 163 Å². The summed E-state index contributed by atoms with van der Waals surface area (Å²) < 4.78 is 31.7. The zero-order chi connectivity index (χ0) is 19.9. The van der Waals surface area contributed by atoms with Gasteiger partial charge in [-0.2, -0.15) is 0 Å². The standard InChI is InChI=1S/C19H34N4O3S/c1-15(2)27(24,25)22-11-7-5-6-10-20-18-8-9-19(21-12-18)23-13-16(3)26-17(4)14-23/h8-9,12,15-17,20,22H,5-7,10-11,13-14H2,1-4H3/t16-,17?/m1/s1. The van der Waals surface area contributed by atoms with Gasteiger partial charge in [0, 0.05) is 26.2 Å². The van der Waals surface area contributed by atoms with Crippen LogP contribution in [-0.4, -0.2) is 57.0 Å². The van der Waals surface area contributed by atoms with Crippen LogP contribution >= 0.6 is 0 Å². The first-order valence-electron chi connectivity index (χ1n) is 9.86. The number of unbranched alkanes of at least 4 members (excludes halogenated alkanes) is 2. The molecule has 2 N–H and O–H groups in total. The van der Waals surface area contributed by atoms with Gasteiger partial charge in [0.2, 0.25) is 10.0 Å². The van der Waals surface area contributed by atoms with Crippen LogP contribution in [0.3, 0.4) is 0 Å². The van der Waals surface area contributed by atoms with Crippen molar-refractivity contribution in [2.75, 3.05) is 36.4 Å². The van der Waals surface area contributed by atoms with Crippen molar-refractivity contribution in [1.82, 2.24) is 9.71 Å². The molecule has 0 radical (unpaired) electrons. The van der Waals surface area contributed by atoms with Crippen LogP contribution in [-0.2, 0) is 14.8 Å². The van der Waals surface area contributed by atoms with E-state index in [0.29, 0.717) is 6.54 Å². The van der Waals surface area contributed by atoms with Crippen LogP contribution in [0.4, 0.5) is 11.5 Å². The van der Waals surface area contributed by atoms with E-state index in [2.05, 4.69) is 39.8 Å². The molecule has 1 fully saturated rings. The van der Waals surface area contributed by atoms with Gasteiger partial charge in [-0.25, -0.2) is 18.1 Å². The maximum absolute atomic E-state index is 11.6. The van der Waals surface area contributed by atoms with Gasteiger partial charge < -0.3 is 15.0 Å². The van der Waals surface area contributed by atoms with E-state index in [1.807, 2.05) is 12.3 Å². The SMILES string of the molecule is CC1CN(c2ccc(NCCCCCNS(=O)(=O)C(C)C)cn2)C[C@@H](C)O1. The Bertz CT molecular complexity index is 654. The molecule has 1 aliphatic rings. The molecule has 0 aromatic carbocycles. The second-order valence-corrected chi connectivity index (χ2v) is 9.86. The smallest absolute Gasteiger partial charge is 0.213 e. The lowest BCUT2D eigenvalue weighted by molar-refractivity contribution is -0.00545. The van der Waals surface area contributed by atoms with Crippen LogP contribution < -0.4 is 14.9 Å². The summed E-state index contributed by atoms with van der Waals surface area (Å²) in [4.78, 5) is 6.84. The summed E-state index contributed by atoms with van der Waals surface area (Å²) in [5.41, 5.74) is 1.01. The molecule has 0 saturated carbocycles. The lowest BCUT2D eigenvalue weighted by Crippen LogP contribution is -2.45. The number of rotatable bonds is 10. The van der Waals surface area contributed by atoms with Gasteiger partial charge in [-0.15, -0.1) is 0 Å². The molecule has 27 heavy (non-hydrogen) atoms. The van der Waals surface area contributed by atoms with Gasteiger partial charge in [-0.1, -0.05) is 6.42 Å². The number of hydrogen-bond acceptors (Lipinski definition) is 6. The van der Waals surface area contributed by atoms with Crippen LogP contribution in [0, 0.1) is 0 Å². The summed E-state index contributed by atoms with van der Waals surface area (Å²) in [6.45, 7) is 10.6. The Morgan fingerprint density at radius 2 is 1.81 bits per heavy atom. The van der Waals surface area contributed by atoms with Crippen LogP contribution in [0.25, 0.3) is 0 Å². The van der Waals surface area contributed by atoms with Crippen molar-refractivity contribution < 1.29 is 13.2 Å². The first-order valence-corrected chi connectivity index (χ1v) is 11.4. The number of pyridine rings is 1. The molecule has 2 rings (SSSR count). The molecule has 1 aromatic rings. The average Bonchev–Trinajstić information content (AvgIpc) is 2.60. The van der Waals surface area contributed by atoms with E-state index in [9.17, 15) is 8.42 Å². The van der Waals surface area contributed by atoms with Crippen molar-refractivity contribution in [3.05, 3.63) is 18.3 Å². The monoisotopic (exact) mass is 398 g/mol. The minimum Gasteiger partial charge on any atom is -0.384 e. The Morgan fingerprint density at radius 1 is 1.15 bits per heavy atom. The van der Waals surface area contributed by atoms with Crippen molar-refractivity contribution in [3.63, 3.8) is 0 Å².